The molecule has 7 heteroatoms. The van der Waals surface area contributed by atoms with Crippen LogP contribution in [-0.2, 0) is 16.7 Å². The van der Waals surface area contributed by atoms with Crippen molar-refractivity contribution in [3.8, 4) is 5.75 Å². The zero-order valence-corrected chi connectivity index (χ0v) is 15.1. The maximum absolute atomic E-state index is 13.0. The maximum atomic E-state index is 13.0. The molecule has 2 aromatic rings. The van der Waals surface area contributed by atoms with Crippen LogP contribution in [0.3, 0.4) is 0 Å². The first-order valence-electron chi connectivity index (χ1n) is 7.63. The van der Waals surface area contributed by atoms with Crippen molar-refractivity contribution in [3.63, 3.8) is 0 Å². The third-order valence-electron chi connectivity index (χ3n) is 3.71. The lowest BCUT2D eigenvalue weighted by molar-refractivity contribution is -0.701. The first-order valence-corrected chi connectivity index (χ1v) is 9.42. The van der Waals surface area contributed by atoms with Gasteiger partial charge >= 0.3 is 10.1 Å². The standard InChI is InChI=1S/C17H19ClFNO3S/c1-3-12(2)20-11-13-10-14(18)4-9-17(13)23-24(21,22)16-7-5-15(19)6-8-16/h4-10,12,20H,3,11H2,1-2H3/p+1/t12-/m1/s1. The topological polar surface area (TPSA) is 60.0 Å². The average molecular weight is 373 g/mol. The largest absolute Gasteiger partial charge is 0.378 e. The third kappa shape index (κ3) is 4.93. The van der Waals surface area contributed by atoms with E-state index < -0.39 is 15.9 Å². The molecule has 0 aliphatic heterocycles. The Bertz CT molecular complexity index is 794. The van der Waals surface area contributed by atoms with Crippen molar-refractivity contribution in [1.82, 2.24) is 0 Å². The smallest absolute Gasteiger partial charge is 0.339 e. The van der Waals surface area contributed by atoms with Gasteiger partial charge in [0.25, 0.3) is 0 Å². The van der Waals surface area contributed by atoms with Crippen molar-refractivity contribution < 1.29 is 22.3 Å². The molecule has 0 saturated heterocycles. The minimum Gasteiger partial charge on any atom is -0.378 e. The molecule has 0 unspecified atom stereocenters. The molecule has 1 atom stereocenters. The number of hydrogen-bond acceptors (Lipinski definition) is 3. The van der Waals surface area contributed by atoms with Crippen molar-refractivity contribution in [2.45, 2.75) is 37.8 Å². The summed E-state index contributed by atoms with van der Waals surface area (Å²) in [6, 6.07) is 9.69. The van der Waals surface area contributed by atoms with Gasteiger partial charge in [0.15, 0.2) is 5.75 Å². The Kier molecular flexibility index (Phi) is 6.21. The number of benzene rings is 2. The molecule has 0 aliphatic carbocycles. The Labute approximate surface area is 146 Å². The Morgan fingerprint density at radius 2 is 1.88 bits per heavy atom. The zero-order chi connectivity index (χ0) is 17.7. The molecule has 4 nitrogen and oxygen atoms in total. The fraction of sp³-hybridized carbons (Fsp3) is 0.294. The summed E-state index contributed by atoms with van der Waals surface area (Å²) in [5, 5.41) is 2.59. The summed E-state index contributed by atoms with van der Waals surface area (Å²) in [7, 11) is -4.03. The van der Waals surface area contributed by atoms with Crippen LogP contribution in [0.1, 0.15) is 25.8 Å². The van der Waals surface area contributed by atoms with E-state index in [0.717, 1.165) is 18.6 Å². The van der Waals surface area contributed by atoms with E-state index in [4.69, 9.17) is 15.8 Å². The second-order valence-electron chi connectivity index (χ2n) is 5.57. The van der Waals surface area contributed by atoms with Gasteiger partial charge in [-0.3, -0.25) is 0 Å². The van der Waals surface area contributed by atoms with Gasteiger partial charge in [-0.05, 0) is 55.8 Å². The van der Waals surface area contributed by atoms with E-state index in [1.165, 1.54) is 18.2 Å². The SMILES string of the molecule is CC[C@@H](C)[NH2+]Cc1cc(Cl)ccc1OS(=O)(=O)c1ccc(F)cc1. The van der Waals surface area contributed by atoms with Crippen LogP contribution in [0, 0.1) is 5.82 Å². The number of quaternary nitrogens is 1. The van der Waals surface area contributed by atoms with Crippen LogP contribution in [0.2, 0.25) is 5.02 Å². The van der Waals surface area contributed by atoms with Crippen LogP contribution < -0.4 is 9.50 Å². The second kappa shape index (κ2) is 7.96. The highest BCUT2D eigenvalue weighted by atomic mass is 35.5. The summed E-state index contributed by atoms with van der Waals surface area (Å²) < 4.78 is 42.9. The lowest BCUT2D eigenvalue weighted by Crippen LogP contribution is -2.87. The van der Waals surface area contributed by atoms with E-state index in [2.05, 4.69) is 19.2 Å². The molecule has 0 radical (unpaired) electrons. The zero-order valence-electron chi connectivity index (χ0n) is 13.5. The van der Waals surface area contributed by atoms with E-state index in [0.29, 0.717) is 23.2 Å². The molecule has 2 rings (SSSR count). The number of halogens is 2. The molecular formula is C17H20ClFNO3S+. The van der Waals surface area contributed by atoms with Crippen molar-refractivity contribution >= 4 is 21.7 Å². The van der Waals surface area contributed by atoms with Crippen molar-refractivity contribution in [3.05, 3.63) is 58.9 Å². The Morgan fingerprint density at radius 1 is 1.21 bits per heavy atom. The highest BCUT2D eigenvalue weighted by Gasteiger charge is 2.19. The van der Waals surface area contributed by atoms with E-state index in [-0.39, 0.29) is 10.6 Å². The molecule has 0 aromatic heterocycles. The average Bonchev–Trinajstić information content (AvgIpc) is 2.55. The summed E-state index contributed by atoms with van der Waals surface area (Å²) in [4.78, 5) is -0.101. The Balaban J connectivity index is 2.26. The molecule has 2 N–H and O–H groups in total. The lowest BCUT2D eigenvalue weighted by atomic mass is 10.2. The molecule has 0 amide bonds. The molecule has 2 aromatic carbocycles. The minimum atomic E-state index is -4.03. The number of hydrogen-bond donors (Lipinski definition) is 1. The predicted octanol–water partition coefficient (Wildman–Crippen LogP) is 3.11. The monoisotopic (exact) mass is 372 g/mol. The summed E-state index contributed by atoms with van der Waals surface area (Å²) in [5.74, 6) is -0.285. The van der Waals surface area contributed by atoms with E-state index in [1.807, 2.05) is 0 Å². The summed E-state index contributed by atoms with van der Waals surface area (Å²) in [6.45, 7) is 4.71. The van der Waals surface area contributed by atoms with E-state index in [9.17, 15) is 12.8 Å². The van der Waals surface area contributed by atoms with Gasteiger partial charge in [0.05, 0.1) is 11.6 Å². The first-order chi connectivity index (χ1) is 11.3. The van der Waals surface area contributed by atoms with Gasteiger partial charge in [-0.1, -0.05) is 18.5 Å². The highest BCUT2D eigenvalue weighted by Crippen LogP contribution is 2.26. The second-order valence-corrected chi connectivity index (χ2v) is 7.55. The van der Waals surface area contributed by atoms with E-state index >= 15 is 0 Å². The lowest BCUT2D eigenvalue weighted by Gasteiger charge is -2.13. The molecule has 0 saturated carbocycles. The van der Waals surface area contributed by atoms with Gasteiger partial charge in [-0.25, -0.2) is 4.39 Å². The van der Waals surface area contributed by atoms with Gasteiger partial charge in [0, 0.05) is 5.02 Å². The van der Waals surface area contributed by atoms with Crippen LogP contribution in [0.15, 0.2) is 47.4 Å². The Morgan fingerprint density at radius 3 is 2.50 bits per heavy atom. The van der Waals surface area contributed by atoms with Gasteiger partial charge in [0.1, 0.15) is 17.3 Å². The quantitative estimate of drug-likeness (QED) is 0.760. The van der Waals surface area contributed by atoms with Crippen molar-refractivity contribution in [2.75, 3.05) is 0 Å². The molecule has 130 valence electrons. The molecule has 0 heterocycles. The van der Waals surface area contributed by atoms with Crippen LogP contribution in [-0.4, -0.2) is 14.5 Å². The molecule has 0 bridgehead atoms. The van der Waals surface area contributed by atoms with Gasteiger partial charge < -0.3 is 9.50 Å². The number of nitrogens with two attached hydrogens (primary N) is 1. The molecule has 0 fully saturated rings. The van der Waals surface area contributed by atoms with Gasteiger partial charge in [-0.2, -0.15) is 8.42 Å². The normalized spacial score (nSPS) is 12.8. The molecule has 0 aliphatic rings. The van der Waals surface area contributed by atoms with Gasteiger partial charge in [-0.15, -0.1) is 0 Å². The van der Waals surface area contributed by atoms with Crippen LogP contribution in [0.25, 0.3) is 0 Å². The molecular weight excluding hydrogens is 353 g/mol. The third-order valence-corrected chi connectivity index (χ3v) is 5.19. The van der Waals surface area contributed by atoms with E-state index in [1.54, 1.807) is 12.1 Å². The molecule has 0 spiro atoms. The fourth-order valence-electron chi connectivity index (χ4n) is 2.05. The highest BCUT2D eigenvalue weighted by molar-refractivity contribution is 7.87. The minimum absolute atomic E-state index is 0.101. The van der Waals surface area contributed by atoms with Crippen LogP contribution in [0.5, 0.6) is 5.75 Å². The van der Waals surface area contributed by atoms with Crippen molar-refractivity contribution in [1.29, 1.82) is 0 Å². The summed E-state index contributed by atoms with van der Waals surface area (Å²) >= 11 is 6.01. The summed E-state index contributed by atoms with van der Waals surface area (Å²) in [6.07, 6.45) is 0.991. The Hall–Kier alpha value is -1.63. The maximum Gasteiger partial charge on any atom is 0.339 e. The van der Waals surface area contributed by atoms with Crippen LogP contribution in [0.4, 0.5) is 4.39 Å². The molecule has 24 heavy (non-hydrogen) atoms. The number of rotatable bonds is 7. The van der Waals surface area contributed by atoms with Gasteiger partial charge in [0.2, 0.25) is 0 Å². The summed E-state index contributed by atoms with van der Waals surface area (Å²) in [5.41, 5.74) is 0.688. The fourth-order valence-corrected chi connectivity index (χ4v) is 3.21. The van der Waals surface area contributed by atoms with Crippen molar-refractivity contribution in [2.24, 2.45) is 0 Å². The first kappa shape index (κ1) is 18.7. The van der Waals surface area contributed by atoms with Crippen LogP contribution >= 0.6 is 11.6 Å². The predicted molar refractivity (Wildman–Crippen MR) is 91.0 cm³/mol.